The largest absolute Gasteiger partial charge is 0.326 e. The van der Waals surface area contributed by atoms with Crippen LogP contribution in [0.5, 0.6) is 0 Å². The van der Waals surface area contributed by atoms with Crippen LogP contribution in [0.4, 0.5) is 11.4 Å². The maximum absolute atomic E-state index is 12.5. The van der Waals surface area contributed by atoms with Crippen LogP contribution in [-0.4, -0.2) is 27.1 Å². The maximum atomic E-state index is 12.5. The minimum atomic E-state index is -3.49. The van der Waals surface area contributed by atoms with E-state index in [1.807, 2.05) is 65.0 Å². The number of carbonyl (C=O) groups excluding carboxylic acids is 1. The molecule has 6 heteroatoms. The second kappa shape index (κ2) is 8.13. The van der Waals surface area contributed by atoms with Crippen LogP contribution in [0.25, 0.3) is 0 Å². The Balaban J connectivity index is 2.17. The lowest BCUT2D eigenvalue weighted by atomic mass is 10.1. The maximum Gasteiger partial charge on any atom is 0.232 e. The van der Waals surface area contributed by atoms with Gasteiger partial charge in [-0.05, 0) is 69.0 Å². The number of nitrogens with zero attached hydrogens (tertiary/aromatic N) is 1. The van der Waals surface area contributed by atoms with E-state index in [0.29, 0.717) is 5.69 Å². The van der Waals surface area contributed by atoms with Crippen molar-refractivity contribution in [2.24, 2.45) is 0 Å². The molecule has 0 atom stereocenters. The van der Waals surface area contributed by atoms with Gasteiger partial charge >= 0.3 is 0 Å². The standard InChI is InChI=1S/C21H28N2O3S/c1-14-9-15(2)13-19(12-14)23(27(6,25)26)8-7-20(24)22-21-17(4)10-16(3)11-18(21)5/h9-13H,7-8H2,1-6H3,(H,22,24). The summed E-state index contributed by atoms with van der Waals surface area (Å²) in [6, 6.07) is 9.65. The molecular formula is C21H28N2O3S. The second-order valence-corrected chi connectivity index (χ2v) is 9.16. The van der Waals surface area contributed by atoms with E-state index in [1.165, 1.54) is 4.31 Å². The van der Waals surface area contributed by atoms with Crippen molar-refractivity contribution in [1.29, 1.82) is 0 Å². The zero-order chi connectivity index (χ0) is 20.4. The molecule has 0 aliphatic heterocycles. The normalized spacial score (nSPS) is 11.3. The van der Waals surface area contributed by atoms with Crippen LogP contribution in [0.3, 0.4) is 0 Å². The van der Waals surface area contributed by atoms with Gasteiger partial charge in [-0.1, -0.05) is 23.8 Å². The van der Waals surface area contributed by atoms with E-state index in [0.717, 1.165) is 39.8 Å². The van der Waals surface area contributed by atoms with Gasteiger partial charge in [-0.25, -0.2) is 8.42 Å². The second-order valence-electron chi connectivity index (χ2n) is 7.25. The van der Waals surface area contributed by atoms with Crippen molar-refractivity contribution in [1.82, 2.24) is 0 Å². The molecule has 27 heavy (non-hydrogen) atoms. The zero-order valence-corrected chi connectivity index (χ0v) is 17.7. The Morgan fingerprint density at radius 3 is 1.85 bits per heavy atom. The first-order valence-corrected chi connectivity index (χ1v) is 10.8. The molecule has 0 heterocycles. The molecule has 2 aromatic carbocycles. The predicted octanol–water partition coefficient (Wildman–Crippen LogP) is 4.02. The lowest BCUT2D eigenvalue weighted by molar-refractivity contribution is -0.116. The number of amides is 1. The molecule has 2 rings (SSSR count). The van der Waals surface area contributed by atoms with Crippen molar-refractivity contribution < 1.29 is 13.2 Å². The van der Waals surface area contributed by atoms with Crippen LogP contribution in [0, 0.1) is 34.6 Å². The van der Waals surface area contributed by atoms with E-state index >= 15 is 0 Å². The van der Waals surface area contributed by atoms with E-state index in [1.54, 1.807) is 0 Å². The smallest absolute Gasteiger partial charge is 0.232 e. The van der Waals surface area contributed by atoms with E-state index in [9.17, 15) is 13.2 Å². The Labute approximate surface area is 162 Å². The highest BCUT2D eigenvalue weighted by atomic mass is 32.2. The number of sulfonamides is 1. The van der Waals surface area contributed by atoms with Crippen molar-refractivity contribution >= 4 is 27.3 Å². The third kappa shape index (κ3) is 5.57. The molecule has 0 bridgehead atoms. The monoisotopic (exact) mass is 388 g/mol. The van der Waals surface area contributed by atoms with Crippen LogP contribution in [0.15, 0.2) is 30.3 Å². The third-order valence-corrected chi connectivity index (χ3v) is 5.57. The van der Waals surface area contributed by atoms with Gasteiger partial charge in [-0.3, -0.25) is 9.10 Å². The molecule has 0 saturated carbocycles. The van der Waals surface area contributed by atoms with Crippen LogP contribution in [-0.2, 0) is 14.8 Å². The molecule has 0 unspecified atom stereocenters. The summed E-state index contributed by atoms with van der Waals surface area (Å²) in [4.78, 5) is 12.5. The molecule has 0 aliphatic rings. The van der Waals surface area contributed by atoms with Gasteiger partial charge < -0.3 is 5.32 Å². The number of hydrogen-bond donors (Lipinski definition) is 1. The zero-order valence-electron chi connectivity index (χ0n) is 16.9. The first-order valence-electron chi connectivity index (χ1n) is 8.91. The van der Waals surface area contributed by atoms with Crippen molar-refractivity contribution in [2.75, 3.05) is 22.4 Å². The molecular weight excluding hydrogens is 360 g/mol. The number of nitrogens with one attached hydrogen (secondary N) is 1. The Morgan fingerprint density at radius 2 is 1.37 bits per heavy atom. The highest BCUT2D eigenvalue weighted by molar-refractivity contribution is 7.92. The van der Waals surface area contributed by atoms with E-state index in [-0.39, 0.29) is 18.9 Å². The van der Waals surface area contributed by atoms with E-state index in [2.05, 4.69) is 5.32 Å². The first-order chi connectivity index (χ1) is 12.5. The summed E-state index contributed by atoms with van der Waals surface area (Å²) < 4.78 is 25.8. The number of hydrogen-bond acceptors (Lipinski definition) is 3. The summed E-state index contributed by atoms with van der Waals surface area (Å²) in [6.45, 7) is 9.86. The van der Waals surface area contributed by atoms with Crippen LogP contribution < -0.4 is 9.62 Å². The van der Waals surface area contributed by atoms with Crippen LogP contribution in [0.1, 0.15) is 34.2 Å². The van der Waals surface area contributed by atoms with E-state index in [4.69, 9.17) is 0 Å². The summed E-state index contributed by atoms with van der Waals surface area (Å²) in [7, 11) is -3.49. The topological polar surface area (TPSA) is 66.5 Å². The van der Waals surface area contributed by atoms with Gasteiger partial charge in [-0.2, -0.15) is 0 Å². The van der Waals surface area contributed by atoms with Gasteiger partial charge in [0.2, 0.25) is 15.9 Å². The Bertz CT molecular complexity index is 922. The average Bonchev–Trinajstić information content (AvgIpc) is 2.48. The van der Waals surface area contributed by atoms with Gasteiger partial charge in [-0.15, -0.1) is 0 Å². The molecule has 146 valence electrons. The molecule has 5 nitrogen and oxygen atoms in total. The lowest BCUT2D eigenvalue weighted by Crippen LogP contribution is -2.33. The molecule has 0 saturated heterocycles. The lowest BCUT2D eigenvalue weighted by Gasteiger charge is -2.23. The molecule has 1 amide bonds. The molecule has 0 aromatic heterocycles. The first kappa shape index (κ1) is 21.0. The van der Waals surface area contributed by atoms with Gasteiger partial charge in [0.1, 0.15) is 0 Å². The summed E-state index contributed by atoms with van der Waals surface area (Å²) in [5.41, 5.74) is 6.47. The van der Waals surface area contributed by atoms with Crippen molar-refractivity contribution in [2.45, 2.75) is 41.0 Å². The number of benzene rings is 2. The van der Waals surface area contributed by atoms with Gasteiger partial charge in [0.05, 0.1) is 11.9 Å². The van der Waals surface area contributed by atoms with Crippen LogP contribution >= 0.6 is 0 Å². The number of aryl methyl sites for hydroxylation is 5. The summed E-state index contributed by atoms with van der Waals surface area (Å²) >= 11 is 0. The highest BCUT2D eigenvalue weighted by Crippen LogP contribution is 2.24. The SMILES string of the molecule is Cc1cc(C)cc(N(CCC(=O)Nc2c(C)cc(C)cc2C)S(C)(=O)=O)c1. The number of anilines is 2. The molecule has 0 radical (unpaired) electrons. The Kier molecular flexibility index (Phi) is 6.31. The Morgan fingerprint density at radius 1 is 0.889 bits per heavy atom. The fraction of sp³-hybridized carbons (Fsp3) is 0.381. The molecule has 0 spiro atoms. The Hall–Kier alpha value is -2.34. The minimum Gasteiger partial charge on any atom is -0.326 e. The van der Waals surface area contributed by atoms with Gasteiger partial charge in [0, 0.05) is 18.7 Å². The average molecular weight is 389 g/mol. The molecule has 2 aromatic rings. The highest BCUT2D eigenvalue weighted by Gasteiger charge is 2.19. The van der Waals surface area contributed by atoms with Crippen molar-refractivity contribution in [3.8, 4) is 0 Å². The van der Waals surface area contributed by atoms with Crippen molar-refractivity contribution in [3.05, 3.63) is 58.1 Å². The third-order valence-electron chi connectivity index (χ3n) is 4.38. The molecule has 0 fully saturated rings. The van der Waals surface area contributed by atoms with Crippen molar-refractivity contribution in [3.63, 3.8) is 0 Å². The van der Waals surface area contributed by atoms with Gasteiger partial charge in [0.25, 0.3) is 0 Å². The quantitative estimate of drug-likeness (QED) is 0.813. The molecule has 0 aliphatic carbocycles. The van der Waals surface area contributed by atoms with E-state index < -0.39 is 10.0 Å². The summed E-state index contributed by atoms with van der Waals surface area (Å²) in [6.07, 6.45) is 1.24. The number of carbonyl (C=O) groups is 1. The van der Waals surface area contributed by atoms with Crippen LogP contribution in [0.2, 0.25) is 0 Å². The van der Waals surface area contributed by atoms with Gasteiger partial charge in [0.15, 0.2) is 0 Å². The summed E-state index contributed by atoms with van der Waals surface area (Å²) in [5, 5.41) is 2.93. The fourth-order valence-electron chi connectivity index (χ4n) is 3.36. The molecule has 1 N–H and O–H groups in total. The predicted molar refractivity (Wildman–Crippen MR) is 112 cm³/mol. The fourth-order valence-corrected chi connectivity index (χ4v) is 4.27. The minimum absolute atomic E-state index is 0.0762. The summed E-state index contributed by atoms with van der Waals surface area (Å²) in [5.74, 6) is -0.205. The number of rotatable bonds is 6.